The van der Waals surface area contributed by atoms with Crippen LogP contribution in [-0.2, 0) is 27.1 Å². The average molecular weight is 530 g/mol. The molecule has 0 N–H and O–H groups in total. The molecule has 0 saturated carbocycles. The maximum absolute atomic E-state index is 13.5. The molecule has 2 heterocycles. The molecular formula is C28H36ClN3O5. The summed E-state index contributed by atoms with van der Waals surface area (Å²) in [5.41, 5.74) is 2.71. The molecule has 1 atom stereocenters. The molecule has 0 spiro atoms. The standard InChI is InChI=1S/C28H36ClN3O5/c1-5-8-24(33)36-17-19-16-31(13-14-32(19)27(35)37-28(2,3)4)26(34)18-11-12-21-23(15-18)30-22-10-7-6-9-20(22)25(21)29/h11-12,15,19H,5-10,13-14,16-17H2,1-4H3. The number of pyridine rings is 1. The van der Waals surface area contributed by atoms with Crippen LogP contribution in [0.5, 0.6) is 0 Å². The number of hydrogen-bond donors (Lipinski definition) is 0. The summed E-state index contributed by atoms with van der Waals surface area (Å²) in [5, 5.41) is 1.59. The molecule has 2 aromatic rings. The van der Waals surface area contributed by atoms with Crippen LogP contribution in [0, 0.1) is 0 Å². The Morgan fingerprint density at radius 2 is 1.89 bits per heavy atom. The second kappa shape index (κ2) is 11.3. The van der Waals surface area contributed by atoms with Crippen molar-refractivity contribution < 1.29 is 23.9 Å². The summed E-state index contributed by atoms with van der Waals surface area (Å²) in [7, 11) is 0. The number of aryl methyl sites for hydroxylation is 1. The summed E-state index contributed by atoms with van der Waals surface area (Å²) >= 11 is 6.71. The van der Waals surface area contributed by atoms with Crippen molar-refractivity contribution in [3.63, 3.8) is 0 Å². The molecule has 1 aromatic carbocycles. The van der Waals surface area contributed by atoms with Crippen LogP contribution in [0.3, 0.4) is 0 Å². The first kappa shape index (κ1) is 27.2. The van der Waals surface area contributed by atoms with Crippen molar-refractivity contribution in [2.75, 3.05) is 26.2 Å². The minimum absolute atomic E-state index is 0.00285. The lowest BCUT2D eigenvalue weighted by atomic mass is 9.94. The van der Waals surface area contributed by atoms with Crippen LogP contribution >= 0.6 is 11.6 Å². The van der Waals surface area contributed by atoms with Gasteiger partial charge in [-0.1, -0.05) is 24.6 Å². The van der Waals surface area contributed by atoms with Crippen LogP contribution in [0.1, 0.15) is 75.0 Å². The fraction of sp³-hybridized carbons (Fsp3) is 0.571. The number of carbonyl (C=O) groups excluding carboxylic acids is 3. The third kappa shape index (κ3) is 6.35. The van der Waals surface area contributed by atoms with Crippen LogP contribution in [0.25, 0.3) is 10.9 Å². The predicted molar refractivity (Wildman–Crippen MR) is 142 cm³/mol. The molecule has 4 rings (SSSR count). The SMILES string of the molecule is CCCC(=O)OCC1CN(C(=O)c2ccc3c(Cl)c4c(nc3c2)CCCC4)CCN1C(=O)OC(C)(C)C. The van der Waals surface area contributed by atoms with Gasteiger partial charge < -0.3 is 14.4 Å². The number of rotatable bonds is 5. The van der Waals surface area contributed by atoms with Crippen LogP contribution < -0.4 is 0 Å². The maximum atomic E-state index is 13.5. The Hall–Kier alpha value is -2.87. The van der Waals surface area contributed by atoms with Crippen molar-refractivity contribution in [1.29, 1.82) is 0 Å². The monoisotopic (exact) mass is 529 g/mol. The van der Waals surface area contributed by atoms with Crippen LogP contribution in [0.2, 0.25) is 5.02 Å². The zero-order valence-corrected chi connectivity index (χ0v) is 22.9. The topological polar surface area (TPSA) is 89.0 Å². The number of hydrogen-bond acceptors (Lipinski definition) is 6. The van der Waals surface area contributed by atoms with E-state index in [1.54, 1.807) is 42.7 Å². The lowest BCUT2D eigenvalue weighted by Gasteiger charge is -2.41. The van der Waals surface area contributed by atoms with Crippen molar-refractivity contribution in [2.24, 2.45) is 0 Å². The van der Waals surface area contributed by atoms with Crippen molar-refractivity contribution in [2.45, 2.75) is 77.9 Å². The van der Waals surface area contributed by atoms with Gasteiger partial charge in [-0.05, 0) is 70.6 Å². The summed E-state index contributed by atoms with van der Waals surface area (Å²) in [6, 6.07) is 4.94. The fourth-order valence-corrected chi connectivity index (χ4v) is 5.25. The van der Waals surface area contributed by atoms with Gasteiger partial charge in [-0.3, -0.25) is 19.5 Å². The van der Waals surface area contributed by atoms with Gasteiger partial charge in [-0.15, -0.1) is 0 Å². The molecule has 2 aliphatic rings. The number of aromatic nitrogens is 1. The summed E-state index contributed by atoms with van der Waals surface area (Å²) in [6.07, 6.45) is 4.53. The summed E-state index contributed by atoms with van der Waals surface area (Å²) in [6.45, 7) is 8.16. The molecule has 1 saturated heterocycles. The van der Waals surface area contributed by atoms with E-state index in [0.29, 0.717) is 30.5 Å². The summed E-state index contributed by atoms with van der Waals surface area (Å²) in [4.78, 5) is 46.5. The third-order valence-electron chi connectivity index (χ3n) is 6.73. The highest BCUT2D eigenvalue weighted by Gasteiger charge is 2.36. The van der Waals surface area contributed by atoms with E-state index in [9.17, 15) is 14.4 Å². The number of esters is 1. The molecule has 0 radical (unpaired) electrons. The predicted octanol–water partition coefficient (Wildman–Crippen LogP) is 5.17. The molecule has 200 valence electrons. The van der Waals surface area contributed by atoms with Gasteiger partial charge in [-0.25, -0.2) is 4.79 Å². The quantitative estimate of drug-likeness (QED) is 0.496. The molecule has 8 nitrogen and oxygen atoms in total. The molecule has 2 amide bonds. The Balaban J connectivity index is 1.54. The minimum atomic E-state index is -0.661. The van der Waals surface area contributed by atoms with Crippen LogP contribution in [-0.4, -0.2) is 70.6 Å². The van der Waals surface area contributed by atoms with Crippen molar-refractivity contribution in [3.8, 4) is 0 Å². The molecule has 0 bridgehead atoms. The average Bonchev–Trinajstić information content (AvgIpc) is 2.86. The van der Waals surface area contributed by atoms with E-state index < -0.39 is 17.7 Å². The third-order valence-corrected chi connectivity index (χ3v) is 7.16. The number of benzene rings is 1. The first-order valence-electron chi connectivity index (χ1n) is 13.1. The zero-order valence-electron chi connectivity index (χ0n) is 22.1. The molecule has 1 unspecified atom stereocenters. The zero-order chi connectivity index (χ0) is 26.7. The molecule has 1 aliphatic carbocycles. The second-order valence-corrected chi connectivity index (χ2v) is 11.2. The minimum Gasteiger partial charge on any atom is -0.463 e. The number of halogens is 1. The Morgan fingerprint density at radius 3 is 2.62 bits per heavy atom. The van der Waals surface area contributed by atoms with Gasteiger partial charge >= 0.3 is 12.1 Å². The summed E-state index contributed by atoms with van der Waals surface area (Å²) < 4.78 is 11.0. The number of piperazine rings is 1. The van der Waals surface area contributed by atoms with Gasteiger partial charge in [0.1, 0.15) is 12.2 Å². The normalized spacial score (nSPS) is 17.9. The molecular weight excluding hydrogens is 494 g/mol. The number of ether oxygens (including phenoxy) is 2. The molecule has 1 aliphatic heterocycles. The van der Waals surface area contributed by atoms with Gasteiger partial charge in [0.2, 0.25) is 0 Å². The highest BCUT2D eigenvalue weighted by atomic mass is 35.5. The fourth-order valence-electron chi connectivity index (χ4n) is 4.89. The van der Waals surface area contributed by atoms with Crippen molar-refractivity contribution in [3.05, 3.63) is 40.0 Å². The first-order valence-corrected chi connectivity index (χ1v) is 13.5. The Bertz CT molecular complexity index is 1190. The lowest BCUT2D eigenvalue weighted by Crippen LogP contribution is -2.59. The maximum Gasteiger partial charge on any atom is 0.410 e. The smallest absolute Gasteiger partial charge is 0.410 e. The Kier molecular flexibility index (Phi) is 8.26. The van der Waals surface area contributed by atoms with Crippen molar-refractivity contribution in [1.82, 2.24) is 14.8 Å². The molecule has 1 fully saturated rings. The van der Waals surface area contributed by atoms with E-state index in [-0.39, 0.29) is 31.6 Å². The van der Waals surface area contributed by atoms with E-state index in [1.165, 1.54) is 0 Å². The van der Waals surface area contributed by atoms with Crippen LogP contribution in [0.4, 0.5) is 4.79 Å². The van der Waals surface area contributed by atoms with Crippen molar-refractivity contribution >= 4 is 40.5 Å². The highest BCUT2D eigenvalue weighted by molar-refractivity contribution is 6.36. The Labute approximate surface area is 223 Å². The second-order valence-electron chi connectivity index (χ2n) is 10.8. The highest BCUT2D eigenvalue weighted by Crippen LogP contribution is 2.33. The van der Waals surface area contributed by atoms with E-state index >= 15 is 0 Å². The number of fused-ring (bicyclic) bond motifs is 2. The van der Waals surface area contributed by atoms with Crippen LogP contribution in [0.15, 0.2) is 18.2 Å². The van der Waals surface area contributed by atoms with E-state index in [2.05, 4.69) is 0 Å². The molecule has 37 heavy (non-hydrogen) atoms. The van der Waals surface area contributed by atoms with Gasteiger partial charge in [0, 0.05) is 42.7 Å². The van der Waals surface area contributed by atoms with E-state index in [1.807, 2.05) is 13.0 Å². The molecule has 1 aromatic heterocycles. The van der Waals surface area contributed by atoms with E-state index in [0.717, 1.165) is 47.3 Å². The molecule has 9 heteroatoms. The summed E-state index contributed by atoms with van der Waals surface area (Å²) in [5.74, 6) is -0.484. The lowest BCUT2D eigenvalue weighted by molar-refractivity contribution is -0.146. The van der Waals surface area contributed by atoms with Gasteiger partial charge in [0.05, 0.1) is 16.6 Å². The first-order chi connectivity index (χ1) is 17.6. The number of carbonyl (C=O) groups is 3. The van der Waals surface area contributed by atoms with E-state index in [4.69, 9.17) is 26.1 Å². The number of nitrogens with zero attached hydrogens (tertiary/aromatic N) is 3. The van der Waals surface area contributed by atoms with Gasteiger partial charge in [0.15, 0.2) is 0 Å². The largest absolute Gasteiger partial charge is 0.463 e. The Morgan fingerprint density at radius 1 is 1.14 bits per heavy atom. The number of amides is 2. The van der Waals surface area contributed by atoms with Gasteiger partial charge in [0.25, 0.3) is 5.91 Å². The van der Waals surface area contributed by atoms with Gasteiger partial charge in [-0.2, -0.15) is 0 Å².